The average Bonchev–Trinajstić information content (AvgIpc) is 2.35. The molecule has 0 aliphatic carbocycles. The maximum atomic E-state index is 5.53. The predicted octanol–water partition coefficient (Wildman–Crippen LogP) is 1.88. The average molecular weight is 222 g/mol. The van der Waals surface area contributed by atoms with Crippen molar-refractivity contribution >= 4 is 0 Å². The highest BCUT2D eigenvalue weighted by molar-refractivity contribution is 5.14. The van der Waals surface area contributed by atoms with E-state index in [-0.39, 0.29) is 6.10 Å². The quantitative estimate of drug-likeness (QED) is 0.547. The van der Waals surface area contributed by atoms with Gasteiger partial charge in [-0.15, -0.1) is 0 Å². The van der Waals surface area contributed by atoms with Gasteiger partial charge in [-0.1, -0.05) is 30.3 Å². The van der Waals surface area contributed by atoms with E-state index >= 15 is 0 Å². The number of ether oxygens (including phenoxy) is 1. The molecule has 3 N–H and O–H groups in total. The monoisotopic (exact) mass is 222 g/mol. The minimum absolute atomic E-state index is 0.247. The molecule has 2 atom stereocenters. The fourth-order valence-corrected chi connectivity index (χ4v) is 1.75. The Balaban J connectivity index is 2.34. The molecule has 0 fully saturated rings. The van der Waals surface area contributed by atoms with Crippen molar-refractivity contribution in [3.63, 3.8) is 0 Å². The molecule has 16 heavy (non-hydrogen) atoms. The second-order valence-electron chi connectivity index (χ2n) is 4.17. The van der Waals surface area contributed by atoms with Gasteiger partial charge in [-0.2, -0.15) is 0 Å². The van der Waals surface area contributed by atoms with Crippen LogP contribution in [0.1, 0.15) is 25.3 Å². The normalized spacial score (nSPS) is 14.7. The Kier molecular flexibility index (Phi) is 6.08. The zero-order chi connectivity index (χ0) is 11.8. The van der Waals surface area contributed by atoms with Crippen LogP contribution in [-0.2, 0) is 11.2 Å². The van der Waals surface area contributed by atoms with E-state index in [4.69, 9.17) is 10.6 Å². The van der Waals surface area contributed by atoms with Crippen LogP contribution in [0.25, 0.3) is 0 Å². The number of rotatable bonds is 7. The van der Waals surface area contributed by atoms with Crippen LogP contribution in [0, 0.1) is 0 Å². The lowest BCUT2D eigenvalue weighted by Gasteiger charge is -2.19. The second kappa shape index (κ2) is 7.39. The van der Waals surface area contributed by atoms with E-state index < -0.39 is 0 Å². The van der Waals surface area contributed by atoms with Crippen molar-refractivity contribution in [3.05, 3.63) is 35.9 Å². The molecule has 1 aromatic carbocycles. The summed E-state index contributed by atoms with van der Waals surface area (Å²) in [6.07, 6.45) is 3.28. The minimum Gasteiger partial charge on any atom is -0.382 e. The molecular weight excluding hydrogens is 200 g/mol. The van der Waals surface area contributed by atoms with Gasteiger partial charge in [-0.25, -0.2) is 0 Å². The maximum Gasteiger partial charge on any atom is 0.0558 e. The van der Waals surface area contributed by atoms with Gasteiger partial charge in [0, 0.05) is 13.2 Å². The molecule has 90 valence electrons. The molecule has 0 aliphatic heterocycles. The van der Waals surface area contributed by atoms with Crippen LogP contribution in [0.5, 0.6) is 0 Å². The molecule has 0 aliphatic rings. The number of nitrogens with two attached hydrogens (primary N) is 1. The Morgan fingerprint density at radius 1 is 1.31 bits per heavy atom. The topological polar surface area (TPSA) is 47.3 Å². The summed E-state index contributed by atoms with van der Waals surface area (Å²) in [4.78, 5) is 0. The Labute approximate surface area is 98.0 Å². The van der Waals surface area contributed by atoms with Crippen molar-refractivity contribution in [2.75, 3.05) is 7.11 Å². The molecule has 3 heteroatoms. The van der Waals surface area contributed by atoms with Gasteiger partial charge < -0.3 is 4.74 Å². The van der Waals surface area contributed by atoms with E-state index in [0.717, 1.165) is 19.3 Å². The molecule has 1 rings (SSSR count). The van der Waals surface area contributed by atoms with E-state index in [9.17, 15) is 0 Å². The van der Waals surface area contributed by atoms with Crippen LogP contribution in [0.15, 0.2) is 30.3 Å². The second-order valence-corrected chi connectivity index (χ2v) is 4.17. The van der Waals surface area contributed by atoms with Crippen molar-refractivity contribution in [3.8, 4) is 0 Å². The summed E-state index contributed by atoms with van der Waals surface area (Å²) in [7, 11) is 1.73. The summed E-state index contributed by atoms with van der Waals surface area (Å²) < 4.78 is 5.24. The minimum atomic E-state index is 0.247. The lowest BCUT2D eigenvalue weighted by atomic mass is 10.0. The van der Waals surface area contributed by atoms with E-state index in [2.05, 4.69) is 36.6 Å². The smallest absolute Gasteiger partial charge is 0.0558 e. The van der Waals surface area contributed by atoms with Gasteiger partial charge in [-0.3, -0.25) is 11.3 Å². The first-order valence-electron chi connectivity index (χ1n) is 5.79. The van der Waals surface area contributed by atoms with E-state index in [1.54, 1.807) is 7.11 Å². The highest BCUT2D eigenvalue weighted by Gasteiger charge is 2.11. The van der Waals surface area contributed by atoms with Gasteiger partial charge in [0.15, 0.2) is 0 Å². The standard InChI is InChI=1S/C13H22N2O/c1-11(16-2)10-13(15-14)9-8-12-6-4-3-5-7-12/h3-7,11,13,15H,8-10,14H2,1-2H3. The fraction of sp³-hybridized carbons (Fsp3) is 0.538. The van der Waals surface area contributed by atoms with Gasteiger partial charge in [0.2, 0.25) is 0 Å². The summed E-state index contributed by atoms with van der Waals surface area (Å²) in [6, 6.07) is 10.8. The van der Waals surface area contributed by atoms with Gasteiger partial charge in [-0.05, 0) is 31.7 Å². The Hall–Kier alpha value is -0.900. The van der Waals surface area contributed by atoms with Crippen molar-refractivity contribution in [1.82, 2.24) is 5.43 Å². The molecule has 0 saturated heterocycles. The zero-order valence-corrected chi connectivity index (χ0v) is 10.1. The van der Waals surface area contributed by atoms with Gasteiger partial charge in [0.25, 0.3) is 0 Å². The van der Waals surface area contributed by atoms with Crippen molar-refractivity contribution in [2.24, 2.45) is 5.84 Å². The van der Waals surface area contributed by atoms with Crippen LogP contribution >= 0.6 is 0 Å². The third kappa shape index (κ3) is 4.75. The van der Waals surface area contributed by atoms with Gasteiger partial charge in [0.05, 0.1) is 6.10 Å². The first-order chi connectivity index (χ1) is 7.76. The number of aryl methyl sites for hydroxylation is 1. The van der Waals surface area contributed by atoms with E-state index in [1.165, 1.54) is 5.56 Å². The molecule has 0 amide bonds. The number of hydrogen-bond donors (Lipinski definition) is 2. The lowest BCUT2D eigenvalue weighted by Crippen LogP contribution is -2.37. The molecule has 0 saturated carbocycles. The van der Waals surface area contributed by atoms with Crippen LogP contribution in [-0.4, -0.2) is 19.3 Å². The molecule has 2 unspecified atom stereocenters. The molecule has 3 nitrogen and oxygen atoms in total. The van der Waals surface area contributed by atoms with Crippen LogP contribution in [0.2, 0.25) is 0 Å². The first kappa shape index (κ1) is 13.2. The summed E-state index contributed by atoms with van der Waals surface area (Å²) in [5, 5.41) is 0. The van der Waals surface area contributed by atoms with Crippen LogP contribution < -0.4 is 11.3 Å². The molecular formula is C13H22N2O. The highest BCUT2D eigenvalue weighted by Crippen LogP contribution is 2.09. The van der Waals surface area contributed by atoms with E-state index in [0.29, 0.717) is 6.04 Å². The van der Waals surface area contributed by atoms with Gasteiger partial charge in [0.1, 0.15) is 0 Å². The molecule has 0 aromatic heterocycles. The first-order valence-corrected chi connectivity index (χ1v) is 5.79. The summed E-state index contributed by atoms with van der Waals surface area (Å²) in [5.41, 5.74) is 4.21. The summed E-state index contributed by atoms with van der Waals surface area (Å²) in [6.45, 7) is 2.06. The number of hydrogen-bond acceptors (Lipinski definition) is 3. The molecule has 0 heterocycles. The van der Waals surface area contributed by atoms with Gasteiger partial charge >= 0.3 is 0 Å². The summed E-state index contributed by atoms with van der Waals surface area (Å²) >= 11 is 0. The van der Waals surface area contributed by atoms with Crippen molar-refractivity contribution in [2.45, 2.75) is 38.3 Å². The van der Waals surface area contributed by atoms with Crippen molar-refractivity contribution in [1.29, 1.82) is 0 Å². The fourth-order valence-electron chi connectivity index (χ4n) is 1.75. The number of benzene rings is 1. The molecule has 1 aromatic rings. The molecule has 0 bridgehead atoms. The number of nitrogens with one attached hydrogen (secondary N) is 1. The maximum absolute atomic E-state index is 5.53. The molecule has 0 radical (unpaired) electrons. The van der Waals surface area contributed by atoms with Crippen molar-refractivity contribution < 1.29 is 4.74 Å². The highest BCUT2D eigenvalue weighted by atomic mass is 16.5. The molecule has 0 spiro atoms. The van der Waals surface area contributed by atoms with Crippen LogP contribution in [0.4, 0.5) is 0 Å². The summed E-state index contributed by atoms with van der Waals surface area (Å²) in [5.74, 6) is 5.53. The van der Waals surface area contributed by atoms with Crippen LogP contribution in [0.3, 0.4) is 0 Å². The largest absolute Gasteiger partial charge is 0.382 e. The Morgan fingerprint density at radius 2 is 2.00 bits per heavy atom. The SMILES string of the molecule is COC(C)CC(CCc1ccccc1)NN. The Bertz CT molecular complexity index is 277. The third-order valence-electron chi connectivity index (χ3n) is 2.88. The Morgan fingerprint density at radius 3 is 2.56 bits per heavy atom. The zero-order valence-electron chi connectivity index (χ0n) is 10.1. The lowest BCUT2D eigenvalue weighted by molar-refractivity contribution is 0.0993. The number of methoxy groups -OCH3 is 1. The third-order valence-corrected chi connectivity index (χ3v) is 2.88. The van der Waals surface area contributed by atoms with E-state index in [1.807, 2.05) is 6.07 Å². The number of hydrazine groups is 1. The predicted molar refractivity (Wildman–Crippen MR) is 67.0 cm³/mol.